The summed E-state index contributed by atoms with van der Waals surface area (Å²) in [7, 11) is 0. The van der Waals surface area contributed by atoms with E-state index < -0.39 is 0 Å². The summed E-state index contributed by atoms with van der Waals surface area (Å²) < 4.78 is 5.45. The molecule has 0 radical (unpaired) electrons. The van der Waals surface area contributed by atoms with E-state index in [0.29, 0.717) is 0 Å². The fraction of sp³-hybridized carbons (Fsp3) is 0.714. The Balaban J connectivity index is 1.54. The molecule has 0 aromatic carbocycles. The Morgan fingerprint density at radius 1 is 0.944 bits per heavy atom. The number of anilines is 1. The van der Waals surface area contributed by atoms with Crippen LogP contribution in [-0.2, 0) is 4.74 Å². The van der Waals surface area contributed by atoms with Gasteiger partial charge in [-0.25, -0.2) is 9.97 Å². The van der Waals surface area contributed by atoms with E-state index in [0.717, 1.165) is 44.1 Å². The zero-order valence-corrected chi connectivity index (χ0v) is 10.8. The van der Waals surface area contributed by atoms with Crippen LogP contribution in [0.4, 0.5) is 5.95 Å². The van der Waals surface area contributed by atoms with Crippen LogP contribution in [0.2, 0.25) is 0 Å². The highest BCUT2D eigenvalue weighted by Crippen LogP contribution is 2.32. The number of hydrogen-bond acceptors (Lipinski definition) is 4. The summed E-state index contributed by atoms with van der Waals surface area (Å²) in [6.45, 7) is 4.14. The highest BCUT2D eigenvalue weighted by atomic mass is 16.5. The number of aromatic nitrogens is 2. The molecule has 0 bridgehead atoms. The third kappa shape index (κ3) is 2.64. The van der Waals surface area contributed by atoms with Gasteiger partial charge in [0, 0.05) is 38.7 Å². The standard InChI is InChI=1S/C14H21N3O/c1-6-15-14(16-7-1)17-8-2-12(3-9-17)13-4-10-18-11-5-13/h1,6-7,12-13H,2-5,8-11H2. The first kappa shape index (κ1) is 11.9. The summed E-state index contributed by atoms with van der Waals surface area (Å²) in [5.41, 5.74) is 0. The third-order valence-electron chi connectivity index (χ3n) is 4.31. The van der Waals surface area contributed by atoms with Crippen LogP contribution in [0.3, 0.4) is 0 Å². The van der Waals surface area contributed by atoms with Crippen LogP contribution in [0.1, 0.15) is 25.7 Å². The summed E-state index contributed by atoms with van der Waals surface area (Å²) in [5, 5.41) is 0. The van der Waals surface area contributed by atoms with Crippen molar-refractivity contribution >= 4 is 5.95 Å². The fourth-order valence-electron chi connectivity index (χ4n) is 3.21. The van der Waals surface area contributed by atoms with Gasteiger partial charge in [0.15, 0.2) is 0 Å². The minimum atomic E-state index is 0.883. The van der Waals surface area contributed by atoms with Crippen molar-refractivity contribution in [3.8, 4) is 0 Å². The third-order valence-corrected chi connectivity index (χ3v) is 4.31. The van der Waals surface area contributed by atoms with Gasteiger partial charge in [-0.05, 0) is 43.6 Å². The average Bonchev–Trinajstić information content (AvgIpc) is 2.49. The molecule has 98 valence electrons. The van der Waals surface area contributed by atoms with Gasteiger partial charge in [-0.1, -0.05) is 0 Å². The largest absolute Gasteiger partial charge is 0.381 e. The van der Waals surface area contributed by atoms with E-state index in [-0.39, 0.29) is 0 Å². The number of nitrogens with zero attached hydrogens (tertiary/aromatic N) is 3. The molecule has 0 unspecified atom stereocenters. The van der Waals surface area contributed by atoms with Gasteiger partial charge in [-0.2, -0.15) is 0 Å². The van der Waals surface area contributed by atoms with Crippen molar-refractivity contribution < 1.29 is 4.74 Å². The molecule has 0 N–H and O–H groups in total. The molecule has 0 amide bonds. The Bertz CT molecular complexity index is 357. The maximum atomic E-state index is 5.45. The van der Waals surface area contributed by atoms with Crippen LogP contribution in [-0.4, -0.2) is 36.3 Å². The molecule has 0 saturated carbocycles. The Hall–Kier alpha value is -1.16. The molecular weight excluding hydrogens is 226 g/mol. The number of ether oxygens (including phenoxy) is 1. The molecule has 2 aliphatic rings. The summed E-state index contributed by atoms with van der Waals surface area (Å²) in [6.07, 6.45) is 8.73. The Morgan fingerprint density at radius 3 is 2.22 bits per heavy atom. The highest BCUT2D eigenvalue weighted by molar-refractivity contribution is 5.28. The maximum absolute atomic E-state index is 5.45. The molecule has 1 aromatic heterocycles. The summed E-state index contributed by atoms with van der Waals surface area (Å²) in [6, 6.07) is 1.87. The summed E-state index contributed by atoms with van der Waals surface area (Å²) >= 11 is 0. The van der Waals surface area contributed by atoms with E-state index in [1.165, 1.54) is 25.7 Å². The lowest BCUT2D eigenvalue weighted by Gasteiger charge is -2.37. The Morgan fingerprint density at radius 2 is 1.56 bits per heavy atom. The molecule has 4 heteroatoms. The first-order valence-corrected chi connectivity index (χ1v) is 7.03. The molecule has 0 atom stereocenters. The summed E-state index contributed by atoms with van der Waals surface area (Å²) in [4.78, 5) is 11.0. The molecule has 4 nitrogen and oxygen atoms in total. The van der Waals surface area contributed by atoms with Crippen molar-refractivity contribution in [3.63, 3.8) is 0 Å². The Labute approximate surface area is 108 Å². The number of piperidine rings is 1. The van der Waals surface area contributed by atoms with E-state index in [9.17, 15) is 0 Å². The lowest BCUT2D eigenvalue weighted by atomic mass is 9.80. The molecule has 1 aromatic rings. The lowest BCUT2D eigenvalue weighted by molar-refractivity contribution is 0.0418. The minimum absolute atomic E-state index is 0.883. The van der Waals surface area contributed by atoms with E-state index in [4.69, 9.17) is 4.74 Å². The van der Waals surface area contributed by atoms with Gasteiger partial charge in [-0.15, -0.1) is 0 Å². The van der Waals surface area contributed by atoms with E-state index in [2.05, 4.69) is 14.9 Å². The SMILES string of the molecule is c1cnc(N2CCC(C3CCOCC3)CC2)nc1. The zero-order valence-electron chi connectivity index (χ0n) is 10.8. The second kappa shape index (κ2) is 5.65. The van der Waals surface area contributed by atoms with E-state index in [1.54, 1.807) is 0 Å². The fourth-order valence-corrected chi connectivity index (χ4v) is 3.21. The molecule has 2 saturated heterocycles. The maximum Gasteiger partial charge on any atom is 0.225 e. The monoisotopic (exact) mass is 247 g/mol. The predicted octanol–water partition coefficient (Wildman–Crippen LogP) is 2.12. The second-order valence-electron chi connectivity index (χ2n) is 5.32. The smallest absolute Gasteiger partial charge is 0.225 e. The van der Waals surface area contributed by atoms with Crippen molar-refractivity contribution in [2.45, 2.75) is 25.7 Å². The topological polar surface area (TPSA) is 38.2 Å². The van der Waals surface area contributed by atoms with Gasteiger partial charge in [-0.3, -0.25) is 0 Å². The first-order chi connectivity index (χ1) is 8.93. The van der Waals surface area contributed by atoms with E-state index in [1.807, 2.05) is 18.5 Å². The lowest BCUT2D eigenvalue weighted by Crippen LogP contribution is -2.38. The molecule has 2 aliphatic heterocycles. The second-order valence-corrected chi connectivity index (χ2v) is 5.32. The van der Waals surface area contributed by atoms with E-state index >= 15 is 0 Å². The Kier molecular flexibility index (Phi) is 3.74. The van der Waals surface area contributed by atoms with Crippen molar-refractivity contribution in [3.05, 3.63) is 18.5 Å². The van der Waals surface area contributed by atoms with Crippen LogP contribution in [0.15, 0.2) is 18.5 Å². The normalized spacial score (nSPS) is 23.2. The summed E-state index contributed by atoms with van der Waals surface area (Å²) in [5.74, 6) is 2.66. The van der Waals surface area contributed by atoms with Crippen LogP contribution >= 0.6 is 0 Å². The van der Waals surface area contributed by atoms with Crippen LogP contribution in [0.5, 0.6) is 0 Å². The van der Waals surface area contributed by atoms with Gasteiger partial charge < -0.3 is 9.64 Å². The van der Waals surface area contributed by atoms with Gasteiger partial charge in [0.05, 0.1) is 0 Å². The predicted molar refractivity (Wildman–Crippen MR) is 70.5 cm³/mol. The minimum Gasteiger partial charge on any atom is -0.381 e. The van der Waals surface area contributed by atoms with Crippen molar-refractivity contribution in [1.29, 1.82) is 0 Å². The first-order valence-electron chi connectivity index (χ1n) is 7.03. The molecule has 3 rings (SSSR count). The zero-order chi connectivity index (χ0) is 12.2. The molecule has 0 aliphatic carbocycles. The van der Waals surface area contributed by atoms with Crippen LogP contribution in [0, 0.1) is 11.8 Å². The van der Waals surface area contributed by atoms with Gasteiger partial charge in [0.25, 0.3) is 0 Å². The quantitative estimate of drug-likeness (QED) is 0.802. The van der Waals surface area contributed by atoms with Crippen LogP contribution in [0.25, 0.3) is 0 Å². The van der Waals surface area contributed by atoms with Crippen LogP contribution < -0.4 is 4.90 Å². The molecule has 3 heterocycles. The van der Waals surface area contributed by atoms with Crippen molar-refractivity contribution in [2.75, 3.05) is 31.2 Å². The number of rotatable bonds is 2. The molecule has 2 fully saturated rings. The van der Waals surface area contributed by atoms with Gasteiger partial charge in [0.2, 0.25) is 5.95 Å². The average molecular weight is 247 g/mol. The molecule has 0 spiro atoms. The van der Waals surface area contributed by atoms with Gasteiger partial charge in [0.1, 0.15) is 0 Å². The highest BCUT2D eigenvalue weighted by Gasteiger charge is 2.28. The number of hydrogen-bond donors (Lipinski definition) is 0. The molecule has 18 heavy (non-hydrogen) atoms. The van der Waals surface area contributed by atoms with Crippen molar-refractivity contribution in [2.24, 2.45) is 11.8 Å². The van der Waals surface area contributed by atoms with Gasteiger partial charge >= 0.3 is 0 Å². The molecular formula is C14H21N3O. The van der Waals surface area contributed by atoms with Crippen molar-refractivity contribution in [1.82, 2.24) is 9.97 Å².